The molecule has 0 saturated heterocycles. The van der Waals surface area contributed by atoms with Gasteiger partial charge in [0.25, 0.3) is 5.56 Å². The van der Waals surface area contributed by atoms with Crippen LogP contribution >= 0.6 is 0 Å². The van der Waals surface area contributed by atoms with Crippen molar-refractivity contribution in [3.8, 4) is 17.1 Å². The SMILES string of the molecule is CCOc1ccc(NC(=O)Cn2c(=O)c3nnc(-c4ccc(C)cc4)n3c3ccccc32)cc1. The van der Waals surface area contributed by atoms with E-state index in [1.165, 1.54) is 4.57 Å². The standard InChI is InChI=1S/C26H23N5O3/c1-3-34-20-14-12-19(13-15-20)27-23(32)16-30-21-6-4-5-7-22(21)31-24(28-29-25(31)26(30)33)18-10-8-17(2)9-11-18/h4-15H,3,16H2,1-2H3,(H,27,32). The molecule has 0 saturated carbocycles. The molecule has 0 aliphatic carbocycles. The number of ether oxygens (including phenoxy) is 1. The van der Waals surface area contributed by atoms with E-state index < -0.39 is 0 Å². The van der Waals surface area contributed by atoms with Gasteiger partial charge in [-0.1, -0.05) is 42.0 Å². The summed E-state index contributed by atoms with van der Waals surface area (Å²) in [6, 6.07) is 22.4. The van der Waals surface area contributed by atoms with Crippen LogP contribution in [0.15, 0.2) is 77.6 Å². The van der Waals surface area contributed by atoms with Gasteiger partial charge in [0.1, 0.15) is 12.3 Å². The molecule has 0 radical (unpaired) electrons. The Morgan fingerprint density at radius 2 is 1.65 bits per heavy atom. The smallest absolute Gasteiger partial charge is 0.297 e. The molecule has 8 nitrogen and oxygen atoms in total. The van der Waals surface area contributed by atoms with E-state index in [0.717, 1.165) is 22.4 Å². The van der Waals surface area contributed by atoms with Crippen LogP contribution in [0.2, 0.25) is 0 Å². The molecule has 3 aromatic carbocycles. The summed E-state index contributed by atoms with van der Waals surface area (Å²) < 4.78 is 8.62. The molecule has 1 amide bonds. The Balaban J connectivity index is 1.54. The molecule has 0 aliphatic heterocycles. The first kappa shape index (κ1) is 21.4. The van der Waals surface area contributed by atoms with Crippen LogP contribution in [0.3, 0.4) is 0 Å². The minimum Gasteiger partial charge on any atom is -0.494 e. The highest BCUT2D eigenvalue weighted by atomic mass is 16.5. The number of fused-ring (bicyclic) bond motifs is 3. The minimum atomic E-state index is -0.383. The maximum absolute atomic E-state index is 13.4. The quantitative estimate of drug-likeness (QED) is 0.419. The van der Waals surface area contributed by atoms with Crippen molar-refractivity contribution in [2.24, 2.45) is 0 Å². The summed E-state index contributed by atoms with van der Waals surface area (Å²) in [5.74, 6) is 0.984. The summed E-state index contributed by atoms with van der Waals surface area (Å²) >= 11 is 0. The number of rotatable bonds is 6. The van der Waals surface area contributed by atoms with Gasteiger partial charge in [-0.15, -0.1) is 10.2 Å². The zero-order chi connectivity index (χ0) is 23.7. The Morgan fingerprint density at radius 1 is 0.941 bits per heavy atom. The highest BCUT2D eigenvalue weighted by Crippen LogP contribution is 2.23. The Hall–Kier alpha value is -4.46. The van der Waals surface area contributed by atoms with E-state index >= 15 is 0 Å². The molecule has 0 unspecified atom stereocenters. The lowest BCUT2D eigenvalue weighted by molar-refractivity contribution is -0.116. The molecular formula is C26H23N5O3. The number of anilines is 1. The van der Waals surface area contributed by atoms with Gasteiger partial charge in [0.05, 0.1) is 17.6 Å². The summed E-state index contributed by atoms with van der Waals surface area (Å²) in [6.45, 7) is 4.33. The zero-order valence-electron chi connectivity index (χ0n) is 18.9. The molecule has 2 aromatic heterocycles. The molecule has 0 atom stereocenters. The third-order valence-electron chi connectivity index (χ3n) is 5.57. The third-order valence-corrected chi connectivity index (χ3v) is 5.57. The fourth-order valence-electron chi connectivity index (χ4n) is 3.95. The van der Waals surface area contributed by atoms with Crippen LogP contribution in [0.5, 0.6) is 5.75 Å². The molecule has 34 heavy (non-hydrogen) atoms. The first-order valence-corrected chi connectivity index (χ1v) is 11.0. The van der Waals surface area contributed by atoms with Crippen molar-refractivity contribution < 1.29 is 9.53 Å². The second kappa shape index (κ2) is 8.82. The van der Waals surface area contributed by atoms with Crippen molar-refractivity contribution >= 4 is 28.3 Å². The molecule has 170 valence electrons. The second-order valence-electron chi connectivity index (χ2n) is 7.93. The lowest BCUT2D eigenvalue weighted by Crippen LogP contribution is -2.29. The topological polar surface area (TPSA) is 90.5 Å². The first-order valence-electron chi connectivity index (χ1n) is 11.0. The highest BCUT2D eigenvalue weighted by molar-refractivity contribution is 5.92. The van der Waals surface area contributed by atoms with Gasteiger partial charge in [0.15, 0.2) is 5.82 Å². The van der Waals surface area contributed by atoms with E-state index in [9.17, 15) is 9.59 Å². The van der Waals surface area contributed by atoms with Gasteiger partial charge in [-0.05, 0) is 50.2 Å². The van der Waals surface area contributed by atoms with Crippen molar-refractivity contribution in [3.63, 3.8) is 0 Å². The second-order valence-corrected chi connectivity index (χ2v) is 7.93. The number of nitrogens with zero attached hydrogens (tertiary/aromatic N) is 4. The molecule has 5 aromatic rings. The average molecular weight is 454 g/mol. The lowest BCUT2D eigenvalue weighted by Gasteiger charge is -2.13. The van der Waals surface area contributed by atoms with E-state index in [-0.39, 0.29) is 23.7 Å². The number of hydrogen-bond donors (Lipinski definition) is 1. The molecule has 8 heteroatoms. The zero-order valence-corrected chi connectivity index (χ0v) is 18.9. The fourth-order valence-corrected chi connectivity index (χ4v) is 3.95. The molecule has 0 aliphatic rings. The average Bonchev–Trinajstić information content (AvgIpc) is 3.29. The Kier molecular flexibility index (Phi) is 5.55. The molecule has 0 spiro atoms. The largest absolute Gasteiger partial charge is 0.494 e. The summed E-state index contributed by atoms with van der Waals surface area (Å²) in [5.41, 5.74) is 3.75. The van der Waals surface area contributed by atoms with E-state index in [1.807, 2.05) is 62.4 Å². The predicted molar refractivity (Wildman–Crippen MR) is 131 cm³/mol. The number of nitrogens with one attached hydrogen (secondary N) is 1. The molecular weight excluding hydrogens is 430 g/mol. The Bertz CT molecular complexity index is 1550. The third kappa shape index (κ3) is 3.90. The maximum atomic E-state index is 13.4. The predicted octanol–water partition coefficient (Wildman–Crippen LogP) is 4.06. The van der Waals surface area contributed by atoms with Crippen molar-refractivity contribution in [2.75, 3.05) is 11.9 Å². The van der Waals surface area contributed by atoms with Crippen LogP contribution in [0.1, 0.15) is 12.5 Å². The van der Waals surface area contributed by atoms with E-state index in [0.29, 0.717) is 23.6 Å². The number of aryl methyl sites for hydroxylation is 1. The summed E-state index contributed by atoms with van der Waals surface area (Å²) in [5, 5.41) is 11.3. The molecule has 1 N–H and O–H groups in total. The van der Waals surface area contributed by atoms with Gasteiger partial charge in [-0.25, -0.2) is 0 Å². The van der Waals surface area contributed by atoms with E-state index in [4.69, 9.17) is 4.74 Å². The number of benzene rings is 3. The van der Waals surface area contributed by atoms with Crippen LogP contribution < -0.4 is 15.6 Å². The number of aromatic nitrogens is 4. The fraction of sp³-hybridized carbons (Fsp3) is 0.154. The summed E-state index contributed by atoms with van der Waals surface area (Å²) in [7, 11) is 0. The van der Waals surface area contributed by atoms with Crippen LogP contribution in [-0.4, -0.2) is 31.7 Å². The van der Waals surface area contributed by atoms with Crippen LogP contribution in [0, 0.1) is 6.92 Å². The number of amides is 1. The number of carbonyl (C=O) groups is 1. The molecule has 0 bridgehead atoms. The van der Waals surface area contributed by atoms with Crippen molar-refractivity contribution in [1.29, 1.82) is 0 Å². The van der Waals surface area contributed by atoms with Gasteiger partial charge in [0.2, 0.25) is 11.6 Å². The number of carbonyl (C=O) groups excluding carboxylic acids is 1. The normalized spacial score (nSPS) is 11.1. The minimum absolute atomic E-state index is 0.157. The van der Waals surface area contributed by atoms with Crippen molar-refractivity contribution in [3.05, 3.63) is 88.7 Å². The van der Waals surface area contributed by atoms with Crippen LogP contribution in [0.25, 0.3) is 28.1 Å². The molecule has 0 fully saturated rings. The Labute approximate surface area is 195 Å². The van der Waals surface area contributed by atoms with Crippen LogP contribution in [0.4, 0.5) is 5.69 Å². The number of para-hydroxylation sites is 2. The van der Waals surface area contributed by atoms with Gasteiger partial charge >= 0.3 is 0 Å². The van der Waals surface area contributed by atoms with Gasteiger partial charge in [0, 0.05) is 11.3 Å². The van der Waals surface area contributed by atoms with Crippen molar-refractivity contribution in [1.82, 2.24) is 19.2 Å². The van der Waals surface area contributed by atoms with Gasteiger partial charge in [-0.3, -0.25) is 18.6 Å². The molecule has 2 heterocycles. The molecule has 5 rings (SSSR count). The Morgan fingerprint density at radius 3 is 2.35 bits per heavy atom. The van der Waals surface area contributed by atoms with E-state index in [1.54, 1.807) is 28.7 Å². The monoisotopic (exact) mass is 453 g/mol. The van der Waals surface area contributed by atoms with Crippen LogP contribution in [-0.2, 0) is 11.3 Å². The van der Waals surface area contributed by atoms with Crippen molar-refractivity contribution in [2.45, 2.75) is 20.4 Å². The van der Waals surface area contributed by atoms with Gasteiger partial charge < -0.3 is 10.1 Å². The summed E-state index contributed by atoms with van der Waals surface area (Å²) in [4.78, 5) is 26.2. The highest BCUT2D eigenvalue weighted by Gasteiger charge is 2.19. The number of hydrogen-bond acceptors (Lipinski definition) is 5. The van der Waals surface area contributed by atoms with E-state index in [2.05, 4.69) is 15.5 Å². The van der Waals surface area contributed by atoms with Gasteiger partial charge in [-0.2, -0.15) is 0 Å². The maximum Gasteiger partial charge on any atom is 0.297 e. The first-order chi connectivity index (χ1) is 16.5. The summed E-state index contributed by atoms with van der Waals surface area (Å²) in [6.07, 6.45) is 0. The lowest BCUT2D eigenvalue weighted by atomic mass is 10.1.